The van der Waals surface area contributed by atoms with Gasteiger partial charge in [0, 0.05) is 26.2 Å². The molecule has 0 amide bonds. The Labute approximate surface area is 68.9 Å². The van der Waals surface area contributed by atoms with Crippen LogP contribution < -0.4 is 0 Å². The predicted molar refractivity (Wildman–Crippen MR) is 47.3 cm³/mol. The third-order valence-corrected chi connectivity index (χ3v) is 1.64. The maximum absolute atomic E-state index is 11.2. The molecule has 0 radical (unpaired) electrons. The molecule has 0 aliphatic carbocycles. The largest absolute Gasteiger partial charge is 0.383 e. The van der Waals surface area contributed by atoms with Crippen LogP contribution in [0, 0.1) is 5.92 Å². The number of ketones is 1. The second-order valence-electron chi connectivity index (χ2n) is 2.99. The molecule has 2 nitrogen and oxygen atoms in total. The van der Waals surface area contributed by atoms with Gasteiger partial charge >= 0.3 is 0 Å². The van der Waals surface area contributed by atoms with Gasteiger partial charge in [-0.05, 0) is 12.5 Å². The Kier molecular flexibility index (Phi) is 4.59. The number of carbonyl (C=O) groups excluding carboxylic acids is 1. The molecule has 0 aliphatic heterocycles. The molecule has 0 fully saturated rings. The molecule has 1 unspecified atom stereocenters. The fourth-order valence-corrected chi connectivity index (χ4v) is 0.588. The van der Waals surface area contributed by atoms with Crippen molar-refractivity contribution in [1.82, 2.24) is 4.90 Å². The minimum Gasteiger partial charge on any atom is -0.383 e. The number of nitrogens with zero attached hydrogens (tertiary/aromatic N) is 1. The van der Waals surface area contributed by atoms with Gasteiger partial charge in [0.2, 0.25) is 0 Å². The van der Waals surface area contributed by atoms with Crippen LogP contribution in [0.3, 0.4) is 0 Å². The lowest BCUT2D eigenvalue weighted by atomic mass is 10.0. The first-order valence-electron chi connectivity index (χ1n) is 3.96. The zero-order chi connectivity index (χ0) is 8.85. The Balaban J connectivity index is 3.86. The maximum Gasteiger partial charge on any atom is 0.159 e. The molecule has 0 aromatic carbocycles. The van der Waals surface area contributed by atoms with Gasteiger partial charge in [-0.1, -0.05) is 13.8 Å². The summed E-state index contributed by atoms with van der Waals surface area (Å²) in [6.07, 6.45) is 4.33. The van der Waals surface area contributed by atoms with E-state index >= 15 is 0 Å². The number of hydrogen-bond acceptors (Lipinski definition) is 2. The van der Waals surface area contributed by atoms with Gasteiger partial charge in [-0.25, -0.2) is 0 Å². The van der Waals surface area contributed by atoms with E-state index in [1.165, 1.54) is 0 Å². The summed E-state index contributed by atoms with van der Waals surface area (Å²) in [7, 11) is 3.81. The molecular formula is C9H17NO. The number of hydrogen-bond donors (Lipinski definition) is 0. The highest BCUT2D eigenvalue weighted by molar-refractivity contribution is 5.91. The predicted octanol–water partition coefficient (Wildman–Crippen LogP) is 1.68. The maximum atomic E-state index is 11.2. The van der Waals surface area contributed by atoms with Gasteiger partial charge in [0.25, 0.3) is 0 Å². The summed E-state index contributed by atoms with van der Waals surface area (Å²) in [5.41, 5.74) is 0. The molecule has 0 aromatic rings. The summed E-state index contributed by atoms with van der Waals surface area (Å²) < 4.78 is 0. The smallest absolute Gasteiger partial charge is 0.159 e. The summed E-state index contributed by atoms with van der Waals surface area (Å²) in [5.74, 6) is 0.368. The van der Waals surface area contributed by atoms with Crippen LogP contribution in [0.15, 0.2) is 12.3 Å². The van der Waals surface area contributed by atoms with Crippen LogP contribution in [0.25, 0.3) is 0 Å². The highest BCUT2D eigenvalue weighted by Crippen LogP contribution is 2.02. The Morgan fingerprint density at radius 2 is 2.09 bits per heavy atom. The van der Waals surface area contributed by atoms with E-state index in [-0.39, 0.29) is 11.7 Å². The van der Waals surface area contributed by atoms with Crippen LogP contribution in [0.1, 0.15) is 20.3 Å². The van der Waals surface area contributed by atoms with Crippen molar-refractivity contribution in [2.24, 2.45) is 5.92 Å². The van der Waals surface area contributed by atoms with Crippen molar-refractivity contribution in [3.05, 3.63) is 12.3 Å². The Hall–Kier alpha value is -0.790. The fourth-order valence-electron chi connectivity index (χ4n) is 0.588. The van der Waals surface area contributed by atoms with E-state index in [4.69, 9.17) is 0 Å². The van der Waals surface area contributed by atoms with Crippen LogP contribution in [0.2, 0.25) is 0 Å². The summed E-state index contributed by atoms with van der Waals surface area (Å²) in [6.45, 7) is 3.97. The summed E-state index contributed by atoms with van der Waals surface area (Å²) in [6, 6.07) is 0. The highest BCUT2D eigenvalue weighted by atomic mass is 16.1. The van der Waals surface area contributed by atoms with Gasteiger partial charge in [-0.2, -0.15) is 0 Å². The first kappa shape index (κ1) is 10.2. The van der Waals surface area contributed by atoms with Crippen LogP contribution in [0.4, 0.5) is 0 Å². The number of rotatable bonds is 4. The molecule has 11 heavy (non-hydrogen) atoms. The van der Waals surface area contributed by atoms with Crippen LogP contribution in [-0.2, 0) is 4.79 Å². The lowest BCUT2D eigenvalue weighted by Crippen LogP contribution is -2.08. The Morgan fingerprint density at radius 1 is 1.55 bits per heavy atom. The monoisotopic (exact) mass is 155 g/mol. The highest BCUT2D eigenvalue weighted by Gasteiger charge is 2.05. The van der Waals surface area contributed by atoms with Crippen molar-refractivity contribution >= 4 is 5.78 Å². The van der Waals surface area contributed by atoms with Gasteiger partial charge in [0.05, 0.1) is 0 Å². The van der Waals surface area contributed by atoms with E-state index in [9.17, 15) is 4.79 Å². The minimum absolute atomic E-state index is 0.159. The lowest BCUT2D eigenvalue weighted by Gasteiger charge is -2.05. The number of carbonyl (C=O) groups is 1. The van der Waals surface area contributed by atoms with E-state index in [0.29, 0.717) is 0 Å². The molecule has 0 aromatic heterocycles. The fraction of sp³-hybridized carbons (Fsp3) is 0.667. The molecule has 0 saturated carbocycles. The zero-order valence-electron chi connectivity index (χ0n) is 7.79. The SMILES string of the molecule is CCC(C)C(=O)C=CN(C)C. The van der Waals surface area contributed by atoms with Gasteiger partial charge in [-0.15, -0.1) is 0 Å². The van der Waals surface area contributed by atoms with Gasteiger partial charge in [0.15, 0.2) is 5.78 Å². The van der Waals surface area contributed by atoms with E-state index in [0.717, 1.165) is 6.42 Å². The van der Waals surface area contributed by atoms with Crippen LogP contribution in [-0.4, -0.2) is 24.8 Å². The molecular weight excluding hydrogens is 138 g/mol. The molecule has 0 spiro atoms. The average molecular weight is 155 g/mol. The van der Waals surface area contributed by atoms with E-state index in [1.807, 2.05) is 32.8 Å². The standard InChI is InChI=1S/C9H17NO/c1-5-8(2)9(11)6-7-10(3)4/h6-8H,5H2,1-4H3. The normalized spacial score (nSPS) is 13.5. The van der Waals surface area contributed by atoms with E-state index in [1.54, 1.807) is 12.3 Å². The third-order valence-electron chi connectivity index (χ3n) is 1.64. The van der Waals surface area contributed by atoms with Gasteiger partial charge in [0.1, 0.15) is 0 Å². The van der Waals surface area contributed by atoms with E-state index in [2.05, 4.69) is 0 Å². The molecule has 0 saturated heterocycles. The van der Waals surface area contributed by atoms with Gasteiger partial charge < -0.3 is 4.90 Å². The van der Waals surface area contributed by atoms with Crippen molar-refractivity contribution in [2.75, 3.05) is 14.1 Å². The Morgan fingerprint density at radius 3 is 2.45 bits per heavy atom. The lowest BCUT2D eigenvalue weighted by molar-refractivity contribution is -0.117. The van der Waals surface area contributed by atoms with E-state index < -0.39 is 0 Å². The molecule has 0 bridgehead atoms. The first-order valence-corrected chi connectivity index (χ1v) is 3.96. The molecule has 64 valence electrons. The molecule has 0 heterocycles. The zero-order valence-corrected chi connectivity index (χ0v) is 7.79. The molecule has 0 aliphatic rings. The van der Waals surface area contributed by atoms with Crippen LogP contribution >= 0.6 is 0 Å². The van der Waals surface area contributed by atoms with Crippen molar-refractivity contribution in [3.63, 3.8) is 0 Å². The number of allylic oxidation sites excluding steroid dienone is 1. The van der Waals surface area contributed by atoms with Crippen molar-refractivity contribution in [2.45, 2.75) is 20.3 Å². The minimum atomic E-state index is 0.159. The van der Waals surface area contributed by atoms with Crippen LogP contribution in [0.5, 0.6) is 0 Å². The molecule has 2 heteroatoms. The molecule has 0 rings (SSSR count). The molecule has 0 N–H and O–H groups in total. The van der Waals surface area contributed by atoms with Crippen molar-refractivity contribution in [3.8, 4) is 0 Å². The van der Waals surface area contributed by atoms with Crippen molar-refractivity contribution in [1.29, 1.82) is 0 Å². The quantitative estimate of drug-likeness (QED) is 0.576. The summed E-state index contributed by atoms with van der Waals surface area (Å²) in [5, 5.41) is 0. The van der Waals surface area contributed by atoms with Crippen molar-refractivity contribution < 1.29 is 4.79 Å². The molecule has 1 atom stereocenters. The summed E-state index contributed by atoms with van der Waals surface area (Å²) in [4.78, 5) is 13.0. The summed E-state index contributed by atoms with van der Waals surface area (Å²) >= 11 is 0. The average Bonchev–Trinajstić information content (AvgIpc) is 1.98. The topological polar surface area (TPSA) is 20.3 Å². The first-order chi connectivity index (χ1) is 5.07. The second-order valence-corrected chi connectivity index (χ2v) is 2.99. The van der Waals surface area contributed by atoms with Gasteiger partial charge in [-0.3, -0.25) is 4.79 Å². The Bertz CT molecular complexity index is 150. The second kappa shape index (κ2) is 4.94. The third kappa shape index (κ3) is 4.59.